The van der Waals surface area contributed by atoms with Gasteiger partial charge in [-0.1, -0.05) is 12.1 Å². The highest BCUT2D eigenvalue weighted by Crippen LogP contribution is 2.34. The van der Waals surface area contributed by atoms with Gasteiger partial charge in [0, 0.05) is 5.39 Å². The van der Waals surface area contributed by atoms with Crippen molar-refractivity contribution in [3.05, 3.63) is 71.0 Å². The van der Waals surface area contributed by atoms with E-state index in [-0.39, 0.29) is 11.6 Å². The fraction of sp³-hybridized carbons (Fsp3) is 0.176. The van der Waals surface area contributed by atoms with Crippen molar-refractivity contribution in [2.75, 3.05) is 0 Å². The van der Waals surface area contributed by atoms with Crippen LogP contribution in [0.25, 0.3) is 11.0 Å². The van der Waals surface area contributed by atoms with Crippen LogP contribution >= 0.6 is 0 Å². The quantitative estimate of drug-likeness (QED) is 0.763. The lowest BCUT2D eigenvalue weighted by atomic mass is 9.92. The minimum Gasteiger partial charge on any atom is -0.458 e. The summed E-state index contributed by atoms with van der Waals surface area (Å²) in [5.41, 5.74) is -0.144. The summed E-state index contributed by atoms with van der Waals surface area (Å²) in [7, 11) is 0. The van der Waals surface area contributed by atoms with Gasteiger partial charge in [0.15, 0.2) is 0 Å². The van der Waals surface area contributed by atoms with Crippen LogP contribution in [-0.2, 0) is 5.60 Å². The van der Waals surface area contributed by atoms with E-state index in [0.717, 1.165) is 0 Å². The van der Waals surface area contributed by atoms with E-state index in [0.29, 0.717) is 22.1 Å². The molecule has 0 aliphatic carbocycles. The Morgan fingerprint density at radius 1 is 1.05 bits per heavy atom. The van der Waals surface area contributed by atoms with Crippen molar-refractivity contribution < 1.29 is 18.3 Å². The molecule has 0 aliphatic rings. The van der Waals surface area contributed by atoms with Gasteiger partial charge in [0.1, 0.15) is 28.6 Å². The fourth-order valence-electron chi connectivity index (χ4n) is 2.29. The zero-order valence-corrected chi connectivity index (χ0v) is 11.7. The number of fused-ring (bicyclic) bond motifs is 1. The lowest BCUT2D eigenvalue weighted by Gasteiger charge is -2.21. The Morgan fingerprint density at radius 3 is 2.52 bits per heavy atom. The molecule has 0 saturated heterocycles. The topological polar surface area (TPSA) is 33.4 Å². The highest BCUT2D eigenvalue weighted by molar-refractivity contribution is 5.78. The summed E-state index contributed by atoms with van der Waals surface area (Å²) < 4.78 is 32.5. The molecule has 0 aliphatic heterocycles. The largest absolute Gasteiger partial charge is 0.458 e. The third-order valence-electron chi connectivity index (χ3n) is 3.69. The van der Waals surface area contributed by atoms with Gasteiger partial charge >= 0.3 is 0 Å². The van der Waals surface area contributed by atoms with E-state index in [2.05, 4.69) is 0 Å². The molecular weight excluding hydrogens is 274 g/mol. The summed E-state index contributed by atoms with van der Waals surface area (Å²) in [6, 6.07) is 10.2. The number of rotatable bonds is 2. The molecule has 3 aromatic rings. The first kappa shape index (κ1) is 13.8. The number of furan rings is 1. The van der Waals surface area contributed by atoms with Crippen LogP contribution in [-0.4, -0.2) is 5.11 Å². The Kier molecular flexibility index (Phi) is 3.06. The van der Waals surface area contributed by atoms with Gasteiger partial charge in [0.25, 0.3) is 0 Å². The molecule has 0 spiro atoms. The van der Waals surface area contributed by atoms with Gasteiger partial charge in [-0.05, 0) is 55.3 Å². The SMILES string of the molecule is Cc1ccc(C(C)(O)c2cc3cc(F)ccc3o2)cc1F. The maximum atomic E-state index is 13.7. The van der Waals surface area contributed by atoms with Crippen LogP contribution in [0.5, 0.6) is 0 Å². The van der Waals surface area contributed by atoms with E-state index in [1.165, 1.54) is 31.2 Å². The highest BCUT2D eigenvalue weighted by Gasteiger charge is 2.30. The van der Waals surface area contributed by atoms with Crippen LogP contribution in [0, 0.1) is 18.6 Å². The minimum absolute atomic E-state index is 0.242. The molecular formula is C17H14F2O2. The number of benzene rings is 2. The van der Waals surface area contributed by atoms with Crippen LogP contribution < -0.4 is 0 Å². The lowest BCUT2D eigenvalue weighted by Crippen LogP contribution is -2.22. The minimum atomic E-state index is -1.50. The predicted molar refractivity (Wildman–Crippen MR) is 76.0 cm³/mol. The molecule has 1 N–H and O–H groups in total. The van der Waals surface area contributed by atoms with Crippen molar-refractivity contribution in [3.63, 3.8) is 0 Å². The Labute approximate surface area is 120 Å². The molecule has 0 bridgehead atoms. The van der Waals surface area contributed by atoms with Crippen molar-refractivity contribution in [1.82, 2.24) is 0 Å². The second-order valence-electron chi connectivity index (χ2n) is 5.33. The molecule has 2 nitrogen and oxygen atoms in total. The molecule has 1 atom stereocenters. The van der Waals surface area contributed by atoms with Crippen molar-refractivity contribution in [1.29, 1.82) is 0 Å². The van der Waals surface area contributed by atoms with E-state index < -0.39 is 11.4 Å². The summed E-state index contributed by atoms with van der Waals surface area (Å²) >= 11 is 0. The van der Waals surface area contributed by atoms with Gasteiger partial charge in [-0.2, -0.15) is 0 Å². The molecule has 108 valence electrons. The van der Waals surface area contributed by atoms with Crippen molar-refractivity contribution in [2.24, 2.45) is 0 Å². The smallest absolute Gasteiger partial charge is 0.144 e. The summed E-state index contributed by atoms with van der Waals surface area (Å²) in [6.45, 7) is 3.17. The van der Waals surface area contributed by atoms with E-state index in [1.807, 2.05) is 0 Å². The van der Waals surface area contributed by atoms with Crippen LogP contribution in [0.4, 0.5) is 8.78 Å². The van der Waals surface area contributed by atoms with Crippen LogP contribution in [0.1, 0.15) is 23.8 Å². The monoisotopic (exact) mass is 288 g/mol. The second-order valence-corrected chi connectivity index (χ2v) is 5.33. The van der Waals surface area contributed by atoms with Gasteiger partial charge in [-0.3, -0.25) is 0 Å². The number of aliphatic hydroxyl groups is 1. The van der Waals surface area contributed by atoms with Gasteiger partial charge in [-0.15, -0.1) is 0 Å². The Hall–Kier alpha value is -2.20. The van der Waals surface area contributed by atoms with E-state index >= 15 is 0 Å². The normalized spacial score (nSPS) is 14.3. The highest BCUT2D eigenvalue weighted by atomic mass is 19.1. The van der Waals surface area contributed by atoms with Crippen LogP contribution in [0.2, 0.25) is 0 Å². The average molecular weight is 288 g/mol. The summed E-state index contributed by atoms with van der Waals surface area (Å²) in [5.74, 6) is -0.530. The first-order valence-electron chi connectivity index (χ1n) is 6.56. The Balaban J connectivity index is 2.12. The number of halogens is 2. The molecule has 1 heterocycles. The molecule has 0 fully saturated rings. The Bertz CT molecular complexity index is 819. The lowest BCUT2D eigenvalue weighted by molar-refractivity contribution is 0.0783. The summed E-state index contributed by atoms with van der Waals surface area (Å²) in [4.78, 5) is 0. The zero-order chi connectivity index (χ0) is 15.2. The van der Waals surface area contributed by atoms with E-state index in [4.69, 9.17) is 4.42 Å². The first-order valence-corrected chi connectivity index (χ1v) is 6.56. The number of hydrogen-bond acceptors (Lipinski definition) is 2. The molecule has 4 heteroatoms. The molecule has 1 unspecified atom stereocenters. The van der Waals surface area contributed by atoms with Gasteiger partial charge in [0.05, 0.1) is 0 Å². The third-order valence-corrected chi connectivity index (χ3v) is 3.69. The fourth-order valence-corrected chi connectivity index (χ4v) is 2.29. The van der Waals surface area contributed by atoms with Gasteiger partial charge in [0.2, 0.25) is 0 Å². The van der Waals surface area contributed by atoms with Gasteiger partial charge in [-0.25, -0.2) is 8.78 Å². The molecule has 0 saturated carbocycles. The Morgan fingerprint density at radius 2 is 1.81 bits per heavy atom. The number of hydrogen-bond donors (Lipinski definition) is 1. The maximum Gasteiger partial charge on any atom is 0.144 e. The van der Waals surface area contributed by atoms with Gasteiger partial charge < -0.3 is 9.52 Å². The summed E-state index contributed by atoms with van der Waals surface area (Å²) in [5, 5.41) is 11.2. The molecule has 21 heavy (non-hydrogen) atoms. The standard InChI is InChI=1S/C17H14F2O2/c1-10-3-4-12(9-14(10)19)17(2,20)16-8-11-7-13(18)5-6-15(11)21-16/h3-9,20H,1-2H3. The van der Waals surface area contributed by atoms with Crippen molar-refractivity contribution >= 4 is 11.0 Å². The van der Waals surface area contributed by atoms with Crippen molar-refractivity contribution in [2.45, 2.75) is 19.4 Å². The molecule has 3 rings (SSSR count). The predicted octanol–water partition coefficient (Wildman–Crippen LogP) is 4.28. The molecule has 1 aromatic heterocycles. The average Bonchev–Trinajstić information content (AvgIpc) is 2.85. The molecule has 2 aromatic carbocycles. The van der Waals surface area contributed by atoms with E-state index in [9.17, 15) is 13.9 Å². The maximum absolute atomic E-state index is 13.7. The first-order chi connectivity index (χ1) is 9.88. The van der Waals surface area contributed by atoms with Crippen LogP contribution in [0.3, 0.4) is 0 Å². The van der Waals surface area contributed by atoms with E-state index in [1.54, 1.807) is 25.1 Å². The molecule has 0 amide bonds. The molecule has 0 radical (unpaired) electrons. The second kappa shape index (κ2) is 4.67. The zero-order valence-electron chi connectivity index (χ0n) is 11.7. The number of aryl methyl sites for hydroxylation is 1. The van der Waals surface area contributed by atoms with Crippen molar-refractivity contribution in [3.8, 4) is 0 Å². The summed E-state index contributed by atoms with van der Waals surface area (Å²) in [6.07, 6.45) is 0. The van der Waals surface area contributed by atoms with Crippen LogP contribution in [0.15, 0.2) is 46.9 Å². The third kappa shape index (κ3) is 2.32.